The highest BCUT2D eigenvalue weighted by Crippen LogP contribution is 2.23. The molecule has 0 saturated carbocycles. The molecule has 0 bridgehead atoms. The van der Waals surface area contributed by atoms with Crippen LogP contribution >= 0.6 is 0 Å². The summed E-state index contributed by atoms with van der Waals surface area (Å²) in [5.74, 6) is 2.13. The van der Waals surface area contributed by atoms with E-state index in [-0.39, 0.29) is 5.82 Å². The molecular weight excluding hydrogens is 267 g/mol. The summed E-state index contributed by atoms with van der Waals surface area (Å²) in [6, 6.07) is 8.27. The van der Waals surface area contributed by atoms with Crippen LogP contribution < -0.4 is 10.2 Å². The van der Waals surface area contributed by atoms with Crippen LogP contribution in [0, 0.1) is 11.7 Å². The third kappa shape index (κ3) is 3.48. The predicted octanol–water partition coefficient (Wildman–Crippen LogP) is 3.60. The SMILES string of the molecule is CC1CCN(c2cc(Nc3cccc(F)c3)ncn2)CC1. The van der Waals surface area contributed by atoms with Crippen LogP contribution in [0.3, 0.4) is 0 Å². The molecule has 0 amide bonds. The zero-order valence-electron chi connectivity index (χ0n) is 12.1. The number of nitrogens with zero attached hydrogens (tertiary/aromatic N) is 3. The summed E-state index contributed by atoms with van der Waals surface area (Å²) in [4.78, 5) is 10.8. The summed E-state index contributed by atoms with van der Waals surface area (Å²) < 4.78 is 13.2. The summed E-state index contributed by atoms with van der Waals surface area (Å²) in [5.41, 5.74) is 0.687. The lowest BCUT2D eigenvalue weighted by atomic mass is 9.99. The van der Waals surface area contributed by atoms with Crippen molar-refractivity contribution >= 4 is 17.3 Å². The van der Waals surface area contributed by atoms with Gasteiger partial charge in [-0.25, -0.2) is 14.4 Å². The van der Waals surface area contributed by atoms with Crippen molar-refractivity contribution in [1.29, 1.82) is 0 Å². The smallest absolute Gasteiger partial charge is 0.135 e. The first-order valence-corrected chi connectivity index (χ1v) is 7.30. The molecule has 3 rings (SSSR count). The molecule has 4 nitrogen and oxygen atoms in total. The normalized spacial score (nSPS) is 16.0. The van der Waals surface area contributed by atoms with E-state index in [2.05, 4.69) is 27.1 Å². The highest BCUT2D eigenvalue weighted by atomic mass is 19.1. The van der Waals surface area contributed by atoms with E-state index in [9.17, 15) is 4.39 Å². The monoisotopic (exact) mass is 286 g/mol. The van der Waals surface area contributed by atoms with Gasteiger partial charge < -0.3 is 10.2 Å². The highest BCUT2D eigenvalue weighted by molar-refractivity contribution is 5.59. The third-order valence-electron chi connectivity index (χ3n) is 3.86. The van der Waals surface area contributed by atoms with Crippen molar-refractivity contribution in [2.45, 2.75) is 19.8 Å². The average Bonchev–Trinajstić information content (AvgIpc) is 2.48. The predicted molar refractivity (Wildman–Crippen MR) is 82.3 cm³/mol. The first kappa shape index (κ1) is 13.8. The number of hydrogen-bond donors (Lipinski definition) is 1. The summed E-state index contributed by atoms with van der Waals surface area (Å²) >= 11 is 0. The van der Waals surface area contributed by atoms with Crippen LogP contribution in [0.5, 0.6) is 0 Å². The lowest BCUT2D eigenvalue weighted by Gasteiger charge is -2.31. The fourth-order valence-corrected chi connectivity index (χ4v) is 2.54. The van der Waals surface area contributed by atoms with Crippen molar-refractivity contribution in [2.24, 2.45) is 5.92 Å². The average molecular weight is 286 g/mol. The van der Waals surface area contributed by atoms with Gasteiger partial charge in [-0.1, -0.05) is 13.0 Å². The van der Waals surface area contributed by atoms with Crippen molar-refractivity contribution in [1.82, 2.24) is 9.97 Å². The number of piperidine rings is 1. The molecule has 1 saturated heterocycles. The van der Waals surface area contributed by atoms with E-state index in [1.807, 2.05) is 12.1 Å². The Bertz CT molecular complexity index is 609. The molecule has 21 heavy (non-hydrogen) atoms. The first-order valence-electron chi connectivity index (χ1n) is 7.30. The number of nitrogens with one attached hydrogen (secondary N) is 1. The number of anilines is 3. The molecule has 1 fully saturated rings. The summed E-state index contributed by atoms with van der Waals surface area (Å²) in [6.07, 6.45) is 3.93. The largest absolute Gasteiger partial charge is 0.356 e. The van der Waals surface area contributed by atoms with Crippen molar-refractivity contribution < 1.29 is 4.39 Å². The summed E-state index contributed by atoms with van der Waals surface area (Å²) in [7, 11) is 0. The van der Waals surface area contributed by atoms with Crippen LogP contribution in [-0.2, 0) is 0 Å². The lowest BCUT2D eigenvalue weighted by Crippen LogP contribution is -2.33. The van der Waals surface area contributed by atoms with E-state index in [1.54, 1.807) is 12.4 Å². The maximum absolute atomic E-state index is 13.2. The molecule has 0 aliphatic carbocycles. The molecule has 0 radical (unpaired) electrons. The third-order valence-corrected chi connectivity index (χ3v) is 3.86. The quantitative estimate of drug-likeness (QED) is 0.936. The standard InChI is InChI=1S/C16H19FN4/c1-12-5-7-21(8-6-12)16-10-15(18-11-19-16)20-14-4-2-3-13(17)9-14/h2-4,9-12H,5-8H2,1H3,(H,18,19,20). The van der Waals surface area contributed by atoms with Crippen molar-refractivity contribution in [2.75, 3.05) is 23.3 Å². The maximum Gasteiger partial charge on any atom is 0.135 e. The van der Waals surface area contributed by atoms with Gasteiger partial charge in [-0.05, 0) is 37.0 Å². The summed E-state index contributed by atoms with van der Waals surface area (Å²) in [6.45, 7) is 4.34. The fraction of sp³-hybridized carbons (Fsp3) is 0.375. The zero-order valence-corrected chi connectivity index (χ0v) is 12.1. The van der Waals surface area contributed by atoms with Gasteiger partial charge in [0.2, 0.25) is 0 Å². The number of rotatable bonds is 3. The van der Waals surface area contributed by atoms with E-state index in [1.165, 1.54) is 25.0 Å². The minimum atomic E-state index is -0.265. The van der Waals surface area contributed by atoms with Crippen LogP contribution in [-0.4, -0.2) is 23.1 Å². The minimum absolute atomic E-state index is 0.265. The molecular formula is C16H19FN4. The Hall–Kier alpha value is -2.17. The van der Waals surface area contributed by atoms with Gasteiger partial charge in [0.25, 0.3) is 0 Å². The lowest BCUT2D eigenvalue weighted by molar-refractivity contribution is 0.436. The first-order chi connectivity index (χ1) is 10.2. The molecule has 0 unspecified atom stereocenters. The molecule has 5 heteroatoms. The van der Waals surface area contributed by atoms with Crippen LogP contribution in [0.15, 0.2) is 36.7 Å². The molecule has 1 aromatic heterocycles. The topological polar surface area (TPSA) is 41.0 Å². The van der Waals surface area contributed by atoms with E-state index in [0.717, 1.165) is 24.8 Å². The Morgan fingerprint density at radius 2 is 2.00 bits per heavy atom. The van der Waals surface area contributed by atoms with Gasteiger partial charge in [-0.15, -0.1) is 0 Å². The number of hydrogen-bond acceptors (Lipinski definition) is 4. The van der Waals surface area contributed by atoms with Crippen molar-refractivity contribution in [3.05, 3.63) is 42.5 Å². The Morgan fingerprint density at radius 1 is 1.19 bits per heavy atom. The van der Waals surface area contributed by atoms with E-state index in [0.29, 0.717) is 11.5 Å². The van der Waals surface area contributed by atoms with Gasteiger partial charge in [0.1, 0.15) is 23.8 Å². The van der Waals surface area contributed by atoms with Gasteiger partial charge in [0, 0.05) is 24.8 Å². The zero-order chi connectivity index (χ0) is 14.7. The van der Waals surface area contributed by atoms with Crippen LogP contribution in [0.2, 0.25) is 0 Å². The molecule has 0 atom stereocenters. The Labute approximate surface area is 124 Å². The maximum atomic E-state index is 13.2. The van der Waals surface area contributed by atoms with E-state index < -0.39 is 0 Å². The Morgan fingerprint density at radius 3 is 2.76 bits per heavy atom. The van der Waals surface area contributed by atoms with E-state index in [4.69, 9.17) is 0 Å². The molecule has 0 spiro atoms. The number of benzene rings is 1. The van der Waals surface area contributed by atoms with Crippen molar-refractivity contribution in [3.63, 3.8) is 0 Å². The van der Waals surface area contributed by atoms with E-state index >= 15 is 0 Å². The molecule has 1 N–H and O–H groups in total. The fourth-order valence-electron chi connectivity index (χ4n) is 2.54. The highest BCUT2D eigenvalue weighted by Gasteiger charge is 2.17. The van der Waals surface area contributed by atoms with Gasteiger partial charge in [0.05, 0.1) is 0 Å². The van der Waals surface area contributed by atoms with Crippen molar-refractivity contribution in [3.8, 4) is 0 Å². The molecule has 2 aromatic rings. The second kappa shape index (κ2) is 6.08. The van der Waals surface area contributed by atoms with Crippen LogP contribution in [0.25, 0.3) is 0 Å². The van der Waals surface area contributed by atoms with Crippen LogP contribution in [0.1, 0.15) is 19.8 Å². The molecule has 1 aromatic carbocycles. The minimum Gasteiger partial charge on any atom is -0.356 e. The number of halogens is 1. The molecule has 2 heterocycles. The van der Waals surface area contributed by atoms with Gasteiger partial charge >= 0.3 is 0 Å². The molecule has 110 valence electrons. The van der Waals surface area contributed by atoms with Gasteiger partial charge in [-0.2, -0.15) is 0 Å². The van der Waals surface area contributed by atoms with Gasteiger partial charge in [0.15, 0.2) is 0 Å². The molecule has 1 aliphatic heterocycles. The number of aromatic nitrogens is 2. The Kier molecular flexibility index (Phi) is 3.99. The van der Waals surface area contributed by atoms with Gasteiger partial charge in [-0.3, -0.25) is 0 Å². The van der Waals surface area contributed by atoms with Crippen LogP contribution in [0.4, 0.5) is 21.7 Å². The Balaban J connectivity index is 1.74. The second-order valence-corrected chi connectivity index (χ2v) is 5.57. The second-order valence-electron chi connectivity index (χ2n) is 5.57. The summed E-state index contributed by atoms with van der Waals surface area (Å²) in [5, 5.41) is 3.12. The molecule has 1 aliphatic rings.